The van der Waals surface area contributed by atoms with Crippen molar-refractivity contribution >= 4 is 49.5 Å². The van der Waals surface area contributed by atoms with Crippen LogP contribution in [0.15, 0.2) is 72.0 Å². The van der Waals surface area contributed by atoms with Gasteiger partial charge in [0.1, 0.15) is 0 Å². The molecule has 0 saturated heterocycles. The second kappa shape index (κ2) is 8.48. The van der Waals surface area contributed by atoms with Crippen LogP contribution >= 0.6 is 11.6 Å². The van der Waals surface area contributed by atoms with Crippen molar-refractivity contribution in [2.45, 2.75) is 18.7 Å². The molecule has 0 bridgehead atoms. The number of halogens is 1. The second-order valence-corrected chi connectivity index (χ2v) is 10.5. The minimum Gasteiger partial charge on any atom is -0.355 e. The molecule has 2 aromatic carbocycles. The number of amides is 1. The molecule has 0 saturated carbocycles. The minimum atomic E-state index is -3.95. The molecule has 0 aliphatic heterocycles. The third-order valence-corrected chi connectivity index (χ3v) is 7.97. The number of aryl methyl sites for hydroxylation is 2. The van der Waals surface area contributed by atoms with Gasteiger partial charge in [0, 0.05) is 42.0 Å². The Morgan fingerprint density at radius 1 is 1.00 bits per heavy atom. The molecule has 7 nitrogen and oxygen atoms in total. The van der Waals surface area contributed by atoms with E-state index >= 15 is 0 Å². The van der Waals surface area contributed by atoms with E-state index in [1.807, 2.05) is 26.0 Å². The Hall–Kier alpha value is -3.75. The highest BCUT2D eigenvalue weighted by Gasteiger charge is 2.24. The van der Waals surface area contributed by atoms with E-state index in [1.54, 1.807) is 48.8 Å². The van der Waals surface area contributed by atoms with E-state index in [0.29, 0.717) is 21.5 Å². The zero-order chi connectivity index (χ0) is 24.9. The zero-order valence-corrected chi connectivity index (χ0v) is 20.8. The number of pyridine rings is 2. The summed E-state index contributed by atoms with van der Waals surface area (Å²) in [5, 5.41) is 4.41. The van der Waals surface area contributed by atoms with Crippen LogP contribution in [0.5, 0.6) is 0 Å². The maximum Gasteiger partial charge on any atom is 0.269 e. The Labute approximate surface area is 207 Å². The topological polar surface area (TPSA) is 93.9 Å². The van der Waals surface area contributed by atoms with Gasteiger partial charge in [-0.2, -0.15) is 0 Å². The highest BCUT2D eigenvalue weighted by Crippen LogP contribution is 2.36. The number of hydrogen-bond donors (Lipinski definition) is 1. The van der Waals surface area contributed by atoms with Crippen molar-refractivity contribution in [2.24, 2.45) is 0 Å². The van der Waals surface area contributed by atoms with Gasteiger partial charge in [0.05, 0.1) is 21.0 Å². The summed E-state index contributed by atoms with van der Waals surface area (Å²) >= 11 is 6.46. The Kier molecular flexibility index (Phi) is 5.57. The van der Waals surface area contributed by atoms with Crippen LogP contribution in [0.25, 0.3) is 33.1 Å². The van der Waals surface area contributed by atoms with Crippen LogP contribution in [0.3, 0.4) is 0 Å². The van der Waals surface area contributed by atoms with Gasteiger partial charge in [-0.05, 0) is 61.4 Å². The van der Waals surface area contributed by atoms with Crippen molar-refractivity contribution in [1.29, 1.82) is 0 Å². The summed E-state index contributed by atoms with van der Waals surface area (Å²) in [7, 11) is -2.42. The maximum atomic E-state index is 13.6. The lowest BCUT2D eigenvalue weighted by molar-refractivity contribution is 0.0963. The third-order valence-electron chi connectivity index (χ3n) is 5.97. The van der Waals surface area contributed by atoms with E-state index in [-0.39, 0.29) is 16.4 Å². The maximum absolute atomic E-state index is 13.6. The van der Waals surface area contributed by atoms with Crippen LogP contribution in [0.2, 0.25) is 5.02 Å². The van der Waals surface area contributed by atoms with E-state index in [1.165, 1.54) is 17.2 Å². The first-order valence-electron chi connectivity index (χ1n) is 10.8. The summed E-state index contributed by atoms with van der Waals surface area (Å²) in [6.07, 6.45) is 4.57. The van der Waals surface area contributed by atoms with Crippen LogP contribution in [0.4, 0.5) is 0 Å². The van der Waals surface area contributed by atoms with Crippen LogP contribution in [0.1, 0.15) is 21.5 Å². The number of carbonyl (C=O) groups is 1. The minimum absolute atomic E-state index is 0.144. The van der Waals surface area contributed by atoms with Crippen LogP contribution < -0.4 is 5.32 Å². The van der Waals surface area contributed by atoms with Gasteiger partial charge in [-0.1, -0.05) is 29.3 Å². The quantitative estimate of drug-likeness (QED) is 0.366. The monoisotopic (exact) mass is 504 g/mol. The Balaban J connectivity index is 1.83. The summed E-state index contributed by atoms with van der Waals surface area (Å²) in [6.45, 7) is 3.81. The first-order chi connectivity index (χ1) is 16.7. The van der Waals surface area contributed by atoms with Gasteiger partial charge in [0.25, 0.3) is 15.9 Å². The Morgan fingerprint density at radius 3 is 2.46 bits per heavy atom. The van der Waals surface area contributed by atoms with E-state index in [0.717, 1.165) is 27.6 Å². The fourth-order valence-electron chi connectivity index (χ4n) is 4.14. The van der Waals surface area contributed by atoms with Gasteiger partial charge in [0.2, 0.25) is 0 Å². The van der Waals surface area contributed by atoms with Crippen LogP contribution in [-0.2, 0) is 10.0 Å². The number of aromatic nitrogens is 3. The highest BCUT2D eigenvalue weighted by atomic mass is 35.5. The first-order valence-corrected chi connectivity index (χ1v) is 12.6. The summed E-state index contributed by atoms with van der Waals surface area (Å²) in [4.78, 5) is 21.3. The lowest BCUT2D eigenvalue weighted by atomic mass is 9.99. The molecule has 3 aromatic heterocycles. The number of rotatable bonds is 4. The van der Waals surface area contributed by atoms with Gasteiger partial charge >= 0.3 is 0 Å². The average molecular weight is 505 g/mol. The summed E-state index contributed by atoms with van der Waals surface area (Å²) in [5.41, 5.74) is 4.50. The lowest BCUT2D eigenvalue weighted by Crippen LogP contribution is -2.18. The number of carbonyl (C=O) groups excluding carboxylic acids is 1. The van der Waals surface area contributed by atoms with E-state index in [2.05, 4.69) is 15.3 Å². The number of fused-ring (bicyclic) bond motifs is 2. The molecule has 1 amide bonds. The molecule has 5 rings (SSSR count). The van der Waals surface area contributed by atoms with Gasteiger partial charge in [-0.25, -0.2) is 17.4 Å². The first kappa shape index (κ1) is 23.0. The summed E-state index contributed by atoms with van der Waals surface area (Å²) < 4.78 is 28.4. The van der Waals surface area contributed by atoms with Crippen molar-refractivity contribution in [3.63, 3.8) is 0 Å². The molecule has 176 valence electrons. The fraction of sp³-hybridized carbons (Fsp3) is 0.115. The highest BCUT2D eigenvalue weighted by molar-refractivity contribution is 7.90. The SMILES string of the molecule is CNC(=O)c1cnc2c(c1)c(-c1cc(C)c3nccc(Cl)c3c1)cn2S(=O)(=O)c1ccc(C)cc1. The van der Waals surface area contributed by atoms with Crippen molar-refractivity contribution < 1.29 is 13.2 Å². The predicted octanol–water partition coefficient (Wildman–Crippen LogP) is 5.12. The standard InChI is InChI=1S/C26H21ClN4O3S/c1-15-4-6-19(7-5-15)35(33,34)31-14-22(20-12-18(26(32)28-3)13-30-25(20)31)17-10-16(2)24-21(11-17)23(27)8-9-29-24/h4-14H,1-3H3,(H,28,32). The largest absolute Gasteiger partial charge is 0.355 e. The smallest absolute Gasteiger partial charge is 0.269 e. The van der Waals surface area contributed by atoms with E-state index < -0.39 is 10.0 Å². The van der Waals surface area contributed by atoms with E-state index in [9.17, 15) is 13.2 Å². The molecule has 0 atom stereocenters. The number of hydrogen-bond acceptors (Lipinski definition) is 5. The molecule has 0 fully saturated rings. The van der Waals surface area contributed by atoms with Gasteiger partial charge in [0.15, 0.2) is 5.65 Å². The molecule has 0 aliphatic carbocycles. The summed E-state index contributed by atoms with van der Waals surface area (Å²) in [5.74, 6) is -0.318. The molecular formula is C26H21ClN4O3S. The Bertz CT molecular complexity index is 1740. The number of nitrogens with one attached hydrogen (secondary N) is 1. The molecular weight excluding hydrogens is 484 g/mol. The normalized spacial score (nSPS) is 11.8. The fourth-order valence-corrected chi connectivity index (χ4v) is 5.67. The molecule has 9 heteroatoms. The molecule has 35 heavy (non-hydrogen) atoms. The molecule has 0 unspecified atom stereocenters. The number of benzene rings is 2. The van der Waals surface area contributed by atoms with Gasteiger partial charge < -0.3 is 5.32 Å². The predicted molar refractivity (Wildman–Crippen MR) is 137 cm³/mol. The summed E-state index contributed by atoms with van der Waals surface area (Å²) in [6, 6.07) is 13.8. The van der Waals surface area contributed by atoms with E-state index in [4.69, 9.17) is 11.6 Å². The molecule has 0 radical (unpaired) electrons. The van der Waals surface area contributed by atoms with Crippen molar-refractivity contribution in [3.05, 3.63) is 88.8 Å². The third kappa shape index (κ3) is 3.84. The van der Waals surface area contributed by atoms with Crippen molar-refractivity contribution in [3.8, 4) is 11.1 Å². The average Bonchev–Trinajstić information content (AvgIpc) is 3.24. The number of nitrogens with zero attached hydrogens (tertiary/aromatic N) is 3. The molecule has 1 N–H and O–H groups in total. The molecule has 0 aliphatic rings. The lowest BCUT2D eigenvalue weighted by Gasteiger charge is -2.08. The zero-order valence-electron chi connectivity index (χ0n) is 19.2. The Morgan fingerprint density at radius 2 is 1.74 bits per heavy atom. The van der Waals surface area contributed by atoms with Crippen LogP contribution in [-0.4, -0.2) is 35.3 Å². The van der Waals surface area contributed by atoms with Crippen molar-refractivity contribution in [1.82, 2.24) is 19.3 Å². The van der Waals surface area contributed by atoms with Gasteiger partial charge in [-0.3, -0.25) is 9.78 Å². The molecule has 0 spiro atoms. The van der Waals surface area contributed by atoms with Gasteiger partial charge in [-0.15, -0.1) is 0 Å². The molecule has 3 heterocycles. The second-order valence-electron chi connectivity index (χ2n) is 8.31. The van der Waals surface area contributed by atoms with Crippen molar-refractivity contribution in [2.75, 3.05) is 7.05 Å². The van der Waals surface area contributed by atoms with Crippen LogP contribution in [0, 0.1) is 13.8 Å². The molecule has 5 aromatic rings.